The lowest BCUT2D eigenvalue weighted by Crippen LogP contribution is -2.47. The number of urea groups is 1. The van der Waals surface area contributed by atoms with Gasteiger partial charge in [-0.3, -0.25) is 4.79 Å². The lowest BCUT2D eigenvalue weighted by molar-refractivity contribution is -0.137. The maximum atomic E-state index is 11.9. The van der Waals surface area contributed by atoms with E-state index in [-0.39, 0.29) is 17.9 Å². The van der Waals surface area contributed by atoms with Crippen LogP contribution in [0.15, 0.2) is 0 Å². The number of amides is 2. The number of rotatable bonds is 7. The van der Waals surface area contributed by atoms with Crippen molar-refractivity contribution in [2.75, 3.05) is 0 Å². The van der Waals surface area contributed by atoms with Gasteiger partial charge in [-0.15, -0.1) is 6.42 Å². The Labute approximate surface area is 121 Å². The molecule has 0 spiro atoms. The number of carbonyl (C=O) groups excluding carboxylic acids is 1. The van der Waals surface area contributed by atoms with Crippen LogP contribution < -0.4 is 10.6 Å². The van der Waals surface area contributed by atoms with Gasteiger partial charge in [0.2, 0.25) is 0 Å². The van der Waals surface area contributed by atoms with E-state index in [2.05, 4.69) is 16.6 Å². The highest BCUT2D eigenvalue weighted by Gasteiger charge is 2.23. The summed E-state index contributed by atoms with van der Waals surface area (Å²) in [7, 11) is 0. The third kappa shape index (κ3) is 9.26. The van der Waals surface area contributed by atoms with E-state index in [0.29, 0.717) is 12.8 Å². The number of carbonyl (C=O) groups is 2. The van der Waals surface area contributed by atoms with Crippen LogP contribution in [0.25, 0.3) is 0 Å². The summed E-state index contributed by atoms with van der Waals surface area (Å²) in [5, 5.41) is 14.3. The smallest absolute Gasteiger partial charge is 0.315 e. The summed E-state index contributed by atoms with van der Waals surface area (Å²) in [4.78, 5) is 22.7. The zero-order chi connectivity index (χ0) is 15.8. The van der Waals surface area contributed by atoms with Gasteiger partial charge in [-0.1, -0.05) is 40.0 Å². The molecule has 0 aromatic carbocycles. The molecule has 5 heteroatoms. The number of carboxylic acid groups (broad SMARTS) is 1. The van der Waals surface area contributed by atoms with Gasteiger partial charge in [0.15, 0.2) is 0 Å². The first-order chi connectivity index (χ1) is 9.17. The Morgan fingerprint density at radius 3 is 2.30 bits per heavy atom. The molecule has 0 aliphatic heterocycles. The fourth-order valence-corrected chi connectivity index (χ4v) is 2.00. The number of carboxylic acids is 1. The maximum absolute atomic E-state index is 11.9. The van der Waals surface area contributed by atoms with Crippen LogP contribution in [0.2, 0.25) is 0 Å². The molecule has 0 aromatic rings. The molecule has 2 unspecified atom stereocenters. The molecule has 0 rings (SSSR count). The second-order valence-electron chi connectivity index (χ2n) is 6.19. The van der Waals surface area contributed by atoms with E-state index in [9.17, 15) is 9.59 Å². The van der Waals surface area contributed by atoms with E-state index in [1.807, 2.05) is 27.7 Å². The normalized spacial score (nSPS) is 13.9. The first-order valence-electron chi connectivity index (χ1n) is 6.93. The highest BCUT2D eigenvalue weighted by molar-refractivity contribution is 5.76. The zero-order valence-electron chi connectivity index (χ0n) is 12.8. The Balaban J connectivity index is 4.52. The molecular formula is C15H26N2O3. The minimum atomic E-state index is -0.929. The highest BCUT2D eigenvalue weighted by Crippen LogP contribution is 2.22. The van der Waals surface area contributed by atoms with Crippen molar-refractivity contribution in [3.63, 3.8) is 0 Å². The van der Waals surface area contributed by atoms with Crippen molar-refractivity contribution in [1.82, 2.24) is 10.6 Å². The highest BCUT2D eigenvalue weighted by atomic mass is 16.4. The summed E-state index contributed by atoms with van der Waals surface area (Å²) in [6.07, 6.45) is 7.39. The van der Waals surface area contributed by atoms with Crippen molar-refractivity contribution in [1.29, 1.82) is 0 Å². The van der Waals surface area contributed by atoms with Crippen molar-refractivity contribution in [2.24, 2.45) is 5.41 Å². The largest absolute Gasteiger partial charge is 0.481 e. The topological polar surface area (TPSA) is 78.4 Å². The van der Waals surface area contributed by atoms with Crippen molar-refractivity contribution in [3.05, 3.63) is 0 Å². The zero-order valence-corrected chi connectivity index (χ0v) is 12.8. The van der Waals surface area contributed by atoms with E-state index in [4.69, 9.17) is 11.5 Å². The van der Waals surface area contributed by atoms with E-state index < -0.39 is 18.0 Å². The summed E-state index contributed by atoms with van der Waals surface area (Å²) < 4.78 is 0. The number of hydrogen-bond donors (Lipinski definition) is 3. The molecule has 0 radical (unpaired) electrons. The van der Waals surface area contributed by atoms with Gasteiger partial charge in [0.25, 0.3) is 0 Å². The molecule has 2 amide bonds. The van der Waals surface area contributed by atoms with Crippen LogP contribution in [0.1, 0.15) is 53.4 Å². The van der Waals surface area contributed by atoms with E-state index >= 15 is 0 Å². The van der Waals surface area contributed by atoms with Gasteiger partial charge >= 0.3 is 12.0 Å². The minimum absolute atomic E-state index is 0.0671. The number of hydrogen-bond acceptors (Lipinski definition) is 2. The molecule has 0 aliphatic rings. The van der Waals surface area contributed by atoms with E-state index in [0.717, 1.165) is 6.42 Å². The summed E-state index contributed by atoms with van der Waals surface area (Å²) in [6, 6.07) is -1.13. The molecule has 0 bridgehead atoms. The summed E-state index contributed by atoms with van der Waals surface area (Å²) in [5.41, 5.74) is -0.0671. The minimum Gasteiger partial charge on any atom is -0.481 e. The Morgan fingerprint density at radius 1 is 1.30 bits per heavy atom. The molecule has 0 heterocycles. The second kappa shape index (κ2) is 8.47. The van der Waals surface area contributed by atoms with Crippen LogP contribution in [-0.4, -0.2) is 29.2 Å². The van der Waals surface area contributed by atoms with Crippen LogP contribution in [0.5, 0.6) is 0 Å². The lowest BCUT2D eigenvalue weighted by atomic mass is 9.87. The molecule has 3 N–H and O–H groups in total. The molecule has 0 saturated heterocycles. The summed E-state index contributed by atoms with van der Waals surface area (Å²) in [6.45, 7) is 7.99. The third-order valence-corrected chi connectivity index (χ3v) is 2.70. The number of aliphatic carboxylic acids is 1. The Kier molecular flexibility index (Phi) is 7.75. The molecule has 0 saturated carbocycles. The van der Waals surface area contributed by atoms with Crippen molar-refractivity contribution in [2.45, 2.75) is 65.5 Å². The average molecular weight is 282 g/mol. The SMILES string of the molecule is C#CC(CCC)NC(=O)NC(CC(=O)O)CC(C)(C)C. The Bertz CT molecular complexity index is 366. The quantitative estimate of drug-likeness (QED) is 0.627. The van der Waals surface area contributed by atoms with Gasteiger partial charge in [-0.2, -0.15) is 0 Å². The van der Waals surface area contributed by atoms with E-state index in [1.165, 1.54) is 0 Å². The summed E-state index contributed by atoms with van der Waals surface area (Å²) in [5.74, 6) is 1.58. The molecule has 2 atom stereocenters. The Hall–Kier alpha value is -1.70. The average Bonchev–Trinajstić information content (AvgIpc) is 2.24. The van der Waals surface area contributed by atoms with Gasteiger partial charge in [0, 0.05) is 6.04 Å². The maximum Gasteiger partial charge on any atom is 0.315 e. The molecule has 0 aromatic heterocycles. The monoisotopic (exact) mass is 282 g/mol. The fraction of sp³-hybridized carbons (Fsp3) is 0.733. The molecule has 0 aliphatic carbocycles. The van der Waals surface area contributed by atoms with Gasteiger partial charge in [-0.25, -0.2) is 4.79 Å². The van der Waals surface area contributed by atoms with Crippen molar-refractivity contribution >= 4 is 12.0 Å². The molecule has 0 fully saturated rings. The molecule has 114 valence electrons. The Morgan fingerprint density at radius 2 is 1.90 bits per heavy atom. The van der Waals surface area contributed by atoms with Crippen molar-refractivity contribution in [3.8, 4) is 12.3 Å². The predicted molar refractivity (Wildman–Crippen MR) is 79.3 cm³/mol. The summed E-state index contributed by atoms with van der Waals surface area (Å²) >= 11 is 0. The molecule has 20 heavy (non-hydrogen) atoms. The first kappa shape index (κ1) is 18.3. The van der Waals surface area contributed by atoms with Crippen molar-refractivity contribution < 1.29 is 14.7 Å². The molecule has 5 nitrogen and oxygen atoms in total. The predicted octanol–water partition coefficient (Wildman–Crippen LogP) is 2.37. The van der Waals surface area contributed by atoms with Crippen LogP contribution in [-0.2, 0) is 4.79 Å². The van der Waals surface area contributed by atoms with Crippen LogP contribution >= 0.6 is 0 Å². The van der Waals surface area contributed by atoms with E-state index in [1.54, 1.807) is 0 Å². The van der Waals surface area contributed by atoms with Crippen LogP contribution in [0.4, 0.5) is 4.79 Å². The first-order valence-corrected chi connectivity index (χ1v) is 6.93. The van der Waals surface area contributed by atoms with Gasteiger partial charge in [0.1, 0.15) is 0 Å². The standard InChI is InChI=1S/C15H26N2O3/c1-6-8-11(7-2)16-14(20)17-12(9-13(18)19)10-15(3,4)5/h2,11-12H,6,8-10H2,1,3-5H3,(H,18,19)(H2,16,17,20). The number of nitrogens with one attached hydrogen (secondary N) is 2. The third-order valence-electron chi connectivity index (χ3n) is 2.70. The number of terminal acetylenes is 1. The van der Waals surface area contributed by atoms with Crippen LogP contribution in [0.3, 0.4) is 0 Å². The second-order valence-corrected chi connectivity index (χ2v) is 6.19. The van der Waals surface area contributed by atoms with Gasteiger partial charge < -0.3 is 15.7 Å². The molecular weight excluding hydrogens is 256 g/mol. The fourth-order valence-electron chi connectivity index (χ4n) is 2.00. The lowest BCUT2D eigenvalue weighted by Gasteiger charge is -2.26. The van der Waals surface area contributed by atoms with Gasteiger partial charge in [0.05, 0.1) is 12.5 Å². The van der Waals surface area contributed by atoms with Gasteiger partial charge in [-0.05, 0) is 18.3 Å². The van der Waals surface area contributed by atoms with Crippen LogP contribution in [0, 0.1) is 17.8 Å².